The highest BCUT2D eigenvalue weighted by Crippen LogP contribution is 2.14. The van der Waals surface area contributed by atoms with Crippen LogP contribution in [0.4, 0.5) is 5.69 Å². The van der Waals surface area contributed by atoms with Crippen molar-refractivity contribution in [1.29, 1.82) is 0 Å². The van der Waals surface area contributed by atoms with Crippen molar-refractivity contribution in [3.63, 3.8) is 0 Å². The summed E-state index contributed by atoms with van der Waals surface area (Å²) in [5.41, 5.74) is 1.29. The van der Waals surface area contributed by atoms with Crippen LogP contribution in [0, 0.1) is 6.92 Å². The number of sulfone groups is 1. The number of carbonyl (C=O) groups excluding carboxylic acids is 1. The van der Waals surface area contributed by atoms with Gasteiger partial charge in [0.25, 0.3) is 0 Å². The molecule has 2 N–H and O–H groups in total. The van der Waals surface area contributed by atoms with Gasteiger partial charge < -0.3 is 10.4 Å². The van der Waals surface area contributed by atoms with Gasteiger partial charge in [0.2, 0.25) is 5.91 Å². The van der Waals surface area contributed by atoms with E-state index >= 15 is 0 Å². The zero-order valence-corrected chi connectivity index (χ0v) is 11.4. The number of carboxylic acids is 1. The molecule has 0 spiro atoms. The van der Waals surface area contributed by atoms with Gasteiger partial charge in [0.1, 0.15) is 11.0 Å². The standard InChI is InChI=1S/C12H15NO5S/c1-8-5-3-4-6-10(8)13-12(16)9(2)19(17,18)7-11(14)15/h3-6,9H,7H2,1-2H3,(H,13,16)(H,14,15). The first-order chi connectivity index (χ1) is 8.74. The van der Waals surface area contributed by atoms with E-state index in [0.29, 0.717) is 5.69 Å². The second kappa shape index (κ2) is 5.83. The van der Waals surface area contributed by atoms with Crippen molar-refractivity contribution in [3.05, 3.63) is 29.8 Å². The Morgan fingerprint density at radius 2 is 1.89 bits per heavy atom. The molecule has 1 rings (SSSR count). The Bertz CT molecular complexity index is 594. The zero-order valence-electron chi connectivity index (χ0n) is 10.6. The number of amides is 1. The second-order valence-electron chi connectivity index (χ2n) is 4.15. The van der Waals surface area contributed by atoms with E-state index in [4.69, 9.17) is 5.11 Å². The molecule has 1 aromatic rings. The molecule has 0 heterocycles. The summed E-state index contributed by atoms with van der Waals surface area (Å²) in [6.45, 7) is 2.94. The van der Waals surface area contributed by atoms with E-state index in [2.05, 4.69) is 5.32 Å². The van der Waals surface area contributed by atoms with Crippen molar-refractivity contribution in [2.24, 2.45) is 0 Å². The van der Waals surface area contributed by atoms with Crippen LogP contribution in [0.1, 0.15) is 12.5 Å². The van der Waals surface area contributed by atoms with Crippen LogP contribution in [0.3, 0.4) is 0 Å². The van der Waals surface area contributed by atoms with Crippen LogP contribution in [0.25, 0.3) is 0 Å². The molecule has 1 aromatic carbocycles. The minimum absolute atomic E-state index is 0.505. The molecule has 0 saturated heterocycles. The largest absolute Gasteiger partial charge is 0.480 e. The molecule has 0 aliphatic heterocycles. The molecular formula is C12H15NO5S. The maximum atomic E-state index is 11.8. The monoisotopic (exact) mass is 285 g/mol. The molecule has 0 saturated carbocycles. The first kappa shape index (κ1) is 15.2. The number of hydrogen-bond acceptors (Lipinski definition) is 4. The lowest BCUT2D eigenvalue weighted by Gasteiger charge is -2.13. The molecule has 6 nitrogen and oxygen atoms in total. The molecule has 0 radical (unpaired) electrons. The van der Waals surface area contributed by atoms with E-state index in [1.165, 1.54) is 6.92 Å². The number of rotatable bonds is 5. The Morgan fingerprint density at radius 1 is 1.32 bits per heavy atom. The van der Waals surface area contributed by atoms with Gasteiger partial charge >= 0.3 is 5.97 Å². The number of benzene rings is 1. The fourth-order valence-corrected chi connectivity index (χ4v) is 2.39. The Morgan fingerprint density at radius 3 is 2.42 bits per heavy atom. The van der Waals surface area contributed by atoms with Gasteiger partial charge in [-0.3, -0.25) is 9.59 Å². The average molecular weight is 285 g/mol. The fourth-order valence-electron chi connectivity index (χ4n) is 1.41. The van der Waals surface area contributed by atoms with Crippen molar-refractivity contribution in [2.45, 2.75) is 19.1 Å². The third kappa shape index (κ3) is 4.06. The first-order valence-corrected chi connectivity index (χ1v) is 7.25. The molecule has 19 heavy (non-hydrogen) atoms. The van der Waals surface area contributed by atoms with Crippen molar-refractivity contribution >= 4 is 27.4 Å². The molecule has 1 unspecified atom stereocenters. The predicted octanol–water partition coefficient (Wildman–Crippen LogP) is 0.821. The molecule has 7 heteroatoms. The number of hydrogen-bond donors (Lipinski definition) is 2. The number of aryl methyl sites for hydroxylation is 1. The van der Waals surface area contributed by atoms with E-state index < -0.39 is 32.7 Å². The summed E-state index contributed by atoms with van der Waals surface area (Å²) in [5, 5.41) is 9.57. The number of carbonyl (C=O) groups is 2. The van der Waals surface area contributed by atoms with Gasteiger partial charge in [0.15, 0.2) is 9.84 Å². The maximum Gasteiger partial charge on any atom is 0.318 e. The van der Waals surface area contributed by atoms with Crippen LogP contribution in [0.5, 0.6) is 0 Å². The summed E-state index contributed by atoms with van der Waals surface area (Å²) in [6.07, 6.45) is 0. The van der Waals surface area contributed by atoms with E-state index in [1.54, 1.807) is 31.2 Å². The molecule has 0 fully saturated rings. The lowest BCUT2D eigenvalue weighted by atomic mass is 10.2. The summed E-state index contributed by atoms with van der Waals surface area (Å²) < 4.78 is 23.2. The van der Waals surface area contributed by atoms with Crippen molar-refractivity contribution in [2.75, 3.05) is 11.1 Å². The Kier molecular flexibility index (Phi) is 4.66. The van der Waals surface area contributed by atoms with E-state index in [9.17, 15) is 18.0 Å². The van der Waals surface area contributed by atoms with Crippen LogP contribution in [-0.4, -0.2) is 36.4 Å². The first-order valence-electron chi connectivity index (χ1n) is 5.54. The fraction of sp³-hybridized carbons (Fsp3) is 0.333. The third-order valence-electron chi connectivity index (χ3n) is 2.64. The number of carboxylic acid groups (broad SMARTS) is 1. The number of nitrogens with one attached hydrogen (secondary N) is 1. The zero-order chi connectivity index (χ0) is 14.6. The predicted molar refractivity (Wildman–Crippen MR) is 70.7 cm³/mol. The number of aliphatic carboxylic acids is 1. The van der Waals surface area contributed by atoms with Gasteiger partial charge in [-0.1, -0.05) is 18.2 Å². The van der Waals surface area contributed by atoms with Crippen LogP contribution in [0.2, 0.25) is 0 Å². The molecule has 104 valence electrons. The Labute approximate surface area is 111 Å². The quantitative estimate of drug-likeness (QED) is 0.834. The molecule has 0 aliphatic rings. The molecule has 0 bridgehead atoms. The smallest absolute Gasteiger partial charge is 0.318 e. The van der Waals surface area contributed by atoms with Crippen LogP contribution in [0.15, 0.2) is 24.3 Å². The van der Waals surface area contributed by atoms with Gasteiger partial charge in [0, 0.05) is 5.69 Å². The highest BCUT2D eigenvalue weighted by atomic mass is 32.2. The molecule has 0 aliphatic carbocycles. The number of anilines is 1. The van der Waals surface area contributed by atoms with E-state index in [1.807, 2.05) is 0 Å². The SMILES string of the molecule is Cc1ccccc1NC(=O)C(C)S(=O)(=O)CC(=O)O. The van der Waals surface area contributed by atoms with Crippen LogP contribution < -0.4 is 5.32 Å². The van der Waals surface area contributed by atoms with E-state index in [-0.39, 0.29) is 0 Å². The molecule has 0 aromatic heterocycles. The van der Waals surface area contributed by atoms with Crippen LogP contribution in [-0.2, 0) is 19.4 Å². The van der Waals surface area contributed by atoms with Crippen molar-refractivity contribution in [3.8, 4) is 0 Å². The van der Waals surface area contributed by atoms with Crippen molar-refractivity contribution < 1.29 is 23.1 Å². The summed E-state index contributed by atoms with van der Waals surface area (Å²) >= 11 is 0. The molecular weight excluding hydrogens is 270 g/mol. The van der Waals surface area contributed by atoms with Gasteiger partial charge in [-0.15, -0.1) is 0 Å². The van der Waals surface area contributed by atoms with Gasteiger partial charge in [-0.2, -0.15) is 0 Å². The summed E-state index contributed by atoms with van der Waals surface area (Å²) in [6, 6.07) is 6.91. The topological polar surface area (TPSA) is 101 Å². The summed E-state index contributed by atoms with van der Waals surface area (Å²) in [5.74, 6) is -3.28. The van der Waals surface area contributed by atoms with Gasteiger partial charge in [0.05, 0.1) is 0 Å². The minimum atomic E-state index is -4.00. The minimum Gasteiger partial charge on any atom is -0.480 e. The Balaban J connectivity index is 2.84. The van der Waals surface area contributed by atoms with Gasteiger partial charge in [-0.25, -0.2) is 8.42 Å². The molecule has 1 amide bonds. The third-order valence-corrected chi connectivity index (χ3v) is 4.58. The summed E-state index contributed by atoms with van der Waals surface area (Å²) in [7, 11) is -4.00. The average Bonchev–Trinajstić information content (AvgIpc) is 2.29. The highest BCUT2D eigenvalue weighted by molar-refractivity contribution is 7.93. The van der Waals surface area contributed by atoms with Gasteiger partial charge in [-0.05, 0) is 25.5 Å². The van der Waals surface area contributed by atoms with Crippen molar-refractivity contribution in [1.82, 2.24) is 0 Å². The number of para-hydroxylation sites is 1. The lowest BCUT2D eigenvalue weighted by Crippen LogP contribution is -2.36. The lowest BCUT2D eigenvalue weighted by molar-refractivity contribution is -0.134. The van der Waals surface area contributed by atoms with Crippen LogP contribution >= 0.6 is 0 Å². The maximum absolute atomic E-state index is 11.8. The highest BCUT2D eigenvalue weighted by Gasteiger charge is 2.30. The Hall–Kier alpha value is -1.89. The normalized spacial score (nSPS) is 12.7. The summed E-state index contributed by atoms with van der Waals surface area (Å²) in [4.78, 5) is 22.3. The van der Waals surface area contributed by atoms with E-state index in [0.717, 1.165) is 5.56 Å². The molecule has 1 atom stereocenters. The second-order valence-corrected chi connectivity index (χ2v) is 6.47.